The van der Waals surface area contributed by atoms with Gasteiger partial charge in [-0.3, -0.25) is 4.79 Å². The average molecular weight is 226 g/mol. The Kier molecular flexibility index (Phi) is 3.50. The number of aliphatic hydroxyl groups excluding tert-OH is 1. The molecule has 1 aliphatic carbocycles. The molecule has 1 saturated carbocycles. The first-order valence-corrected chi connectivity index (χ1v) is 6.30. The Hall–Kier alpha value is -0.610. The molecule has 4 heteroatoms. The molecular weight excluding hydrogens is 204 g/mol. The normalized spacial score (nSPS) is 28.8. The number of nitrogens with one attached hydrogen (secondary N) is 2. The number of rotatable bonds is 4. The Balaban J connectivity index is 1.71. The summed E-state index contributed by atoms with van der Waals surface area (Å²) in [7, 11) is 0. The van der Waals surface area contributed by atoms with E-state index < -0.39 is 0 Å². The minimum atomic E-state index is -0.327. The second-order valence-corrected chi connectivity index (χ2v) is 5.30. The molecule has 1 saturated heterocycles. The summed E-state index contributed by atoms with van der Waals surface area (Å²) in [5.41, 5.74) is 0.320. The van der Waals surface area contributed by atoms with E-state index in [1.165, 1.54) is 0 Å². The van der Waals surface area contributed by atoms with Crippen LogP contribution in [-0.2, 0) is 4.79 Å². The fourth-order valence-corrected chi connectivity index (χ4v) is 2.72. The number of aliphatic hydroxyl groups is 1. The topological polar surface area (TPSA) is 61.4 Å². The van der Waals surface area contributed by atoms with Crippen LogP contribution in [0.15, 0.2) is 0 Å². The maximum atomic E-state index is 11.8. The minimum absolute atomic E-state index is 0.197. The maximum Gasteiger partial charge on any atom is 0.223 e. The van der Waals surface area contributed by atoms with E-state index in [0.717, 1.165) is 32.4 Å². The van der Waals surface area contributed by atoms with Crippen molar-refractivity contribution >= 4 is 5.91 Å². The molecule has 0 radical (unpaired) electrons. The number of carbonyl (C=O) groups excluding carboxylic acids is 1. The van der Waals surface area contributed by atoms with Crippen LogP contribution < -0.4 is 10.6 Å². The van der Waals surface area contributed by atoms with Crippen LogP contribution in [-0.4, -0.2) is 36.8 Å². The van der Waals surface area contributed by atoms with Crippen LogP contribution in [0.2, 0.25) is 0 Å². The van der Waals surface area contributed by atoms with E-state index in [2.05, 4.69) is 10.6 Å². The van der Waals surface area contributed by atoms with Crippen molar-refractivity contribution in [3.63, 3.8) is 0 Å². The molecule has 1 spiro atoms. The van der Waals surface area contributed by atoms with Crippen molar-refractivity contribution < 1.29 is 9.90 Å². The summed E-state index contributed by atoms with van der Waals surface area (Å²) in [4.78, 5) is 11.8. The van der Waals surface area contributed by atoms with Gasteiger partial charge in [0.1, 0.15) is 0 Å². The first kappa shape index (κ1) is 11.9. The van der Waals surface area contributed by atoms with E-state index in [4.69, 9.17) is 5.11 Å². The van der Waals surface area contributed by atoms with Crippen molar-refractivity contribution in [1.82, 2.24) is 10.6 Å². The molecule has 4 nitrogen and oxygen atoms in total. The van der Waals surface area contributed by atoms with Gasteiger partial charge in [-0.1, -0.05) is 0 Å². The van der Waals surface area contributed by atoms with Gasteiger partial charge >= 0.3 is 0 Å². The van der Waals surface area contributed by atoms with Crippen molar-refractivity contribution in [3.05, 3.63) is 0 Å². The van der Waals surface area contributed by atoms with Gasteiger partial charge in [0.25, 0.3) is 0 Å². The van der Waals surface area contributed by atoms with Crippen molar-refractivity contribution in [2.24, 2.45) is 11.3 Å². The lowest BCUT2D eigenvalue weighted by atomic mass is 9.92. The molecule has 1 aliphatic heterocycles. The summed E-state index contributed by atoms with van der Waals surface area (Å²) in [5, 5.41) is 15.4. The highest BCUT2D eigenvalue weighted by Crippen LogP contribution is 2.58. The third-order valence-corrected chi connectivity index (χ3v) is 3.97. The molecule has 2 aliphatic rings. The highest BCUT2D eigenvalue weighted by Gasteiger charge is 2.57. The molecule has 2 unspecified atom stereocenters. The van der Waals surface area contributed by atoms with E-state index >= 15 is 0 Å². The third-order valence-electron chi connectivity index (χ3n) is 3.97. The van der Waals surface area contributed by atoms with Gasteiger partial charge in [-0.25, -0.2) is 0 Å². The third kappa shape index (κ3) is 2.55. The molecular formula is C12H22N2O2. The highest BCUT2D eigenvalue weighted by molar-refractivity contribution is 5.82. The van der Waals surface area contributed by atoms with Crippen LogP contribution in [0.5, 0.6) is 0 Å². The van der Waals surface area contributed by atoms with Crippen molar-refractivity contribution in [3.8, 4) is 0 Å². The molecule has 0 aromatic carbocycles. The van der Waals surface area contributed by atoms with E-state index in [1.54, 1.807) is 6.92 Å². The zero-order chi connectivity index (χ0) is 11.6. The summed E-state index contributed by atoms with van der Waals surface area (Å²) in [6.45, 7) is 4.45. The predicted octanol–water partition coefficient (Wildman–Crippen LogP) is 0.263. The largest absolute Gasteiger partial charge is 0.393 e. The van der Waals surface area contributed by atoms with Crippen LogP contribution in [0.1, 0.15) is 32.6 Å². The molecule has 3 N–H and O–H groups in total. The second-order valence-electron chi connectivity index (χ2n) is 5.30. The number of piperidine rings is 1. The molecule has 2 fully saturated rings. The van der Waals surface area contributed by atoms with Crippen molar-refractivity contribution in [1.29, 1.82) is 0 Å². The fraction of sp³-hybridized carbons (Fsp3) is 0.917. The molecule has 1 heterocycles. The highest BCUT2D eigenvalue weighted by atomic mass is 16.3. The Morgan fingerprint density at radius 2 is 2.25 bits per heavy atom. The zero-order valence-corrected chi connectivity index (χ0v) is 9.96. The summed E-state index contributed by atoms with van der Waals surface area (Å²) >= 11 is 0. The molecule has 0 aromatic rings. The SMILES string of the molecule is CC(O)CCNC(=O)C1CC12CCNCC2. The molecule has 2 atom stereocenters. The van der Waals surface area contributed by atoms with Crippen molar-refractivity contribution in [2.45, 2.75) is 38.7 Å². The molecule has 0 bridgehead atoms. The molecule has 1 amide bonds. The molecule has 2 rings (SSSR count). The lowest BCUT2D eigenvalue weighted by Gasteiger charge is -2.23. The average Bonchev–Trinajstić information content (AvgIpc) is 2.92. The Bertz CT molecular complexity index is 260. The summed E-state index contributed by atoms with van der Waals surface area (Å²) in [6, 6.07) is 0. The molecule has 16 heavy (non-hydrogen) atoms. The number of hydrogen-bond acceptors (Lipinski definition) is 3. The number of hydrogen-bond donors (Lipinski definition) is 3. The Morgan fingerprint density at radius 3 is 2.88 bits per heavy atom. The standard InChI is InChI=1S/C12H22N2O2/c1-9(15)2-5-14-11(16)10-8-12(10)3-6-13-7-4-12/h9-10,13,15H,2-8H2,1H3,(H,14,16). The van der Waals surface area contributed by atoms with Crippen LogP contribution >= 0.6 is 0 Å². The van der Waals surface area contributed by atoms with Crippen LogP contribution in [0.25, 0.3) is 0 Å². The Labute approximate surface area is 96.8 Å². The van der Waals surface area contributed by atoms with Gasteiger partial charge < -0.3 is 15.7 Å². The van der Waals surface area contributed by atoms with Gasteiger partial charge in [0, 0.05) is 12.5 Å². The summed E-state index contributed by atoms with van der Waals surface area (Å²) < 4.78 is 0. The number of carbonyl (C=O) groups is 1. The lowest BCUT2D eigenvalue weighted by molar-refractivity contribution is -0.123. The monoisotopic (exact) mass is 226 g/mol. The van der Waals surface area contributed by atoms with Crippen LogP contribution in [0.4, 0.5) is 0 Å². The smallest absolute Gasteiger partial charge is 0.223 e. The van der Waals surface area contributed by atoms with Crippen molar-refractivity contribution in [2.75, 3.05) is 19.6 Å². The minimum Gasteiger partial charge on any atom is -0.393 e. The zero-order valence-electron chi connectivity index (χ0n) is 9.96. The number of amides is 1. The Morgan fingerprint density at radius 1 is 1.56 bits per heavy atom. The first-order chi connectivity index (χ1) is 7.64. The van der Waals surface area contributed by atoms with Crippen LogP contribution in [0.3, 0.4) is 0 Å². The van der Waals surface area contributed by atoms with Gasteiger partial charge in [0.2, 0.25) is 5.91 Å². The van der Waals surface area contributed by atoms with Gasteiger partial charge in [0.15, 0.2) is 0 Å². The quantitative estimate of drug-likeness (QED) is 0.644. The van der Waals surface area contributed by atoms with E-state index in [9.17, 15) is 4.79 Å². The maximum absolute atomic E-state index is 11.8. The van der Waals surface area contributed by atoms with Gasteiger partial charge in [0.05, 0.1) is 6.10 Å². The predicted molar refractivity (Wildman–Crippen MR) is 62.0 cm³/mol. The fourth-order valence-electron chi connectivity index (χ4n) is 2.72. The van der Waals surface area contributed by atoms with Crippen LogP contribution in [0, 0.1) is 11.3 Å². The molecule has 92 valence electrons. The second kappa shape index (κ2) is 4.72. The van der Waals surface area contributed by atoms with E-state index in [1.807, 2.05) is 0 Å². The van der Waals surface area contributed by atoms with Gasteiger partial charge in [-0.2, -0.15) is 0 Å². The summed E-state index contributed by atoms with van der Waals surface area (Å²) in [6.07, 6.45) is 3.66. The van der Waals surface area contributed by atoms with E-state index in [0.29, 0.717) is 18.4 Å². The van der Waals surface area contributed by atoms with Gasteiger partial charge in [-0.05, 0) is 51.1 Å². The lowest BCUT2D eigenvalue weighted by Crippen LogP contribution is -2.34. The van der Waals surface area contributed by atoms with E-state index in [-0.39, 0.29) is 17.9 Å². The molecule has 0 aromatic heterocycles. The first-order valence-electron chi connectivity index (χ1n) is 6.30. The van der Waals surface area contributed by atoms with Gasteiger partial charge in [-0.15, -0.1) is 0 Å². The summed E-state index contributed by atoms with van der Waals surface area (Å²) in [5.74, 6) is 0.436.